The summed E-state index contributed by atoms with van der Waals surface area (Å²) >= 11 is 6.68. The highest BCUT2D eigenvalue weighted by Gasteiger charge is 2.19. The first kappa shape index (κ1) is 33.2. The lowest BCUT2D eigenvalue weighted by atomic mass is 9.96. The maximum absolute atomic E-state index is 13.9. The van der Waals surface area contributed by atoms with Crippen LogP contribution in [0.3, 0.4) is 0 Å². The normalized spacial score (nSPS) is 11.4. The molecule has 0 saturated heterocycles. The molecule has 0 aliphatic heterocycles. The monoisotopic (exact) mass is 654 g/mol. The Hall–Kier alpha value is -5.22. The van der Waals surface area contributed by atoms with Crippen LogP contribution in [-0.4, -0.2) is 34.0 Å². The molecule has 4 aromatic carbocycles. The van der Waals surface area contributed by atoms with Crippen LogP contribution in [0.4, 0.5) is 5.69 Å². The molecule has 10 nitrogen and oxygen atoms in total. The minimum atomic E-state index is -0.460. The summed E-state index contributed by atoms with van der Waals surface area (Å²) in [7, 11) is 0. The predicted molar refractivity (Wildman–Crippen MR) is 184 cm³/mol. The summed E-state index contributed by atoms with van der Waals surface area (Å²) in [5.41, 5.74) is 4.00. The molecule has 0 spiro atoms. The molecule has 0 unspecified atom stereocenters. The Labute approximate surface area is 277 Å². The van der Waals surface area contributed by atoms with E-state index in [-0.39, 0.29) is 34.5 Å². The summed E-state index contributed by atoms with van der Waals surface area (Å²) in [6.45, 7) is 10.8. The number of nitro benzene ring substituents is 1. The second-order valence-corrected chi connectivity index (χ2v) is 11.5. The zero-order chi connectivity index (χ0) is 33.7. The van der Waals surface area contributed by atoms with Gasteiger partial charge in [-0.15, -0.1) is 0 Å². The van der Waals surface area contributed by atoms with E-state index in [0.29, 0.717) is 46.8 Å². The summed E-state index contributed by atoms with van der Waals surface area (Å²) in [6.07, 6.45) is 1.52. The van der Waals surface area contributed by atoms with Crippen LogP contribution in [0.5, 0.6) is 17.2 Å². The molecule has 11 heteroatoms. The average Bonchev–Trinajstić information content (AvgIpc) is 3.04. The summed E-state index contributed by atoms with van der Waals surface area (Å²) < 4.78 is 19.1. The summed E-state index contributed by atoms with van der Waals surface area (Å²) in [5.74, 6) is 2.00. The van der Waals surface area contributed by atoms with E-state index in [4.69, 9.17) is 30.8 Å². The second kappa shape index (κ2) is 14.5. The minimum absolute atomic E-state index is 0.0348. The van der Waals surface area contributed by atoms with Crippen molar-refractivity contribution in [2.45, 2.75) is 47.1 Å². The van der Waals surface area contributed by atoms with Crippen LogP contribution in [0, 0.1) is 17.0 Å². The summed E-state index contributed by atoms with van der Waals surface area (Å²) in [6, 6.07) is 20.7. The molecule has 0 aliphatic rings. The Kier molecular flexibility index (Phi) is 10.2. The summed E-state index contributed by atoms with van der Waals surface area (Å²) in [4.78, 5) is 29.5. The highest BCUT2D eigenvalue weighted by molar-refractivity contribution is 6.32. The van der Waals surface area contributed by atoms with Crippen LogP contribution in [0.25, 0.3) is 22.3 Å². The van der Waals surface area contributed by atoms with Crippen molar-refractivity contribution in [2.24, 2.45) is 5.10 Å². The minimum Gasteiger partial charge on any atom is -0.494 e. The average molecular weight is 655 g/mol. The topological polar surface area (TPSA) is 118 Å². The number of para-hydroxylation sites is 1. The number of hydrogen-bond acceptors (Lipinski definition) is 8. The van der Waals surface area contributed by atoms with Gasteiger partial charge in [-0.2, -0.15) is 9.78 Å². The third-order valence-electron chi connectivity index (χ3n) is 7.43. The zero-order valence-electron chi connectivity index (χ0n) is 26.8. The third kappa shape index (κ3) is 7.28. The fourth-order valence-electron chi connectivity index (χ4n) is 5.18. The number of nitrogens with zero attached hydrogens (tertiary/aromatic N) is 4. The lowest BCUT2D eigenvalue weighted by Crippen LogP contribution is -2.21. The van der Waals surface area contributed by atoms with Gasteiger partial charge in [0, 0.05) is 17.7 Å². The number of aryl methyl sites for hydroxylation is 1. The van der Waals surface area contributed by atoms with Crippen molar-refractivity contribution in [1.29, 1.82) is 0 Å². The molecule has 5 rings (SSSR count). The van der Waals surface area contributed by atoms with E-state index in [1.807, 2.05) is 45.0 Å². The van der Waals surface area contributed by atoms with Crippen molar-refractivity contribution in [3.63, 3.8) is 0 Å². The van der Waals surface area contributed by atoms with E-state index >= 15 is 0 Å². The Morgan fingerprint density at radius 3 is 2.45 bits per heavy atom. The fraction of sp³-hybridized carbons (Fsp3) is 0.250. The largest absolute Gasteiger partial charge is 0.494 e. The Morgan fingerprint density at radius 1 is 0.979 bits per heavy atom. The molecule has 242 valence electrons. The van der Waals surface area contributed by atoms with Gasteiger partial charge in [-0.25, -0.2) is 4.98 Å². The van der Waals surface area contributed by atoms with Gasteiger partial charge < -0.3 is 14.2 Å². The quantitative estimate of drug-likeness (QED) is 0.0754. The van der Waals surface area contributed by atoms with Crippen LogP contribution in [-0.2, 0) is 6.61 Å². The van der Waals surface area contributed by atoms with Gasteiger partial charge in [0.2, 0.25) is 0 Å². The van der Waals surface area contributed by atoms with E-state index in [1.165, 1.54) is 23.0 Å². The van der Waals surface area contributed by atoms with Gasteiger partial charge in [0.05, 0.1) is 40.3 Å². The van der Waals surface area contributed by atoms with Gasteiger partial charge in [-0.3, -0.25) is 14.9 Å². The van der Waals surface area contributed by atoms with E-state index < -0.39 is 4.92 Å². The number of nitro groups is 1. The molecule has 0 bridgehead atoms. The molecule has 0 amide bonds. The highest BCUT2D eigenvalue weighted by atomic mass is 35.5. The number of halogens is 1. The van der Waals surface area contributed by atoms with Gasteiger partial charge >= 0.3 is 0 Å². The number of benzene rings is 4. The molecule has 1 heterocycles. The van der Waals surface area contributed by atoms with Crippen molar-refractivity contribution in [3.05, 3.63) is 121 Å². The van der Waals surface area contributed by atoms with Crippen LogP contribution in [0.1, 0.15) is 55.9 Å². The van der Waals surface area contributed by atoms with Gasteiger partial charge in [-0.1, -0.05) is 49.7 Å². The van der Waals surface area contributed by atoms with E-state index in [2.05, 4.69) is 18.9 Å². The van der Waals surface area contributed by atoms with Gasteiger partial charge in [0.1, 0.15) is 12.4 Å². The van der Waals surface area contributed by atoms with Crippen molar-refractivity contribution < 1.29 is 19.1 Å². The van der Waals surface area contributed by atoms with Gasteiger partial charge in [-0.05, 0) is 85.3 Å². The van der Waals surface area contributed by atoms with E-state index in [1.54, 1.807) is 36.4 Å². The van der Waals surface area contributed by atoms with Crippen LogP contribution >= 0.6 is 11.6 Å². The van der Waals surface area contributed by atoms with Crippen LogP contribution in [0.2, 0.25) is 5.02 Å². The number of non-ortho nitro benzene ring substituents is 1. The first-order valence-electron chi connectivity index (χ1n) is 15.3. The zero-order valence-corrected chi connectivity index (χ0v) is 27.6. The van der Waals surface area contributed by atoms with Crippen molar-refractivity contribution in [1.82, 2.24) is 9.66 Å². The molecular weight excluding hydrogens is 620 g/mol. The third-order valence-corrected chi connectivity index (χ3v) is 7.71. The molecule has 0 radical (unpaired) electrons. The number of rotatable bonds is 12. The van der Waals surface area contributed by atoms with E-state index in [9.17, 15) is 14.9 Å². The number of hydrogen-bond donors (Lipinski definition) is 0. The van der Waals surface area contributed by atoms with Gasteiger partial charge in [0.25, 0.3) is 11.2 Å². The van der Waals surface area contributed by atoms with Crippen molar-refractivity contribution >= 4 is 34.4 Å². The molecule has 0 saturated carbocycles. The van der Waals surface area contributed by atoms with Crippen molar-refractivity contribution in [2.75, 3.05) is 13.2 Å². The molecular formula is C36H35ClN4O6. The number of ether oxygens (including phenoxy) is 3. The Bertz CT molecular complexity index is 2040. The van der Waals surface area contributed by atoms with Gasteiger partial charge in [0.15, 0.2) is 17.3 Å². The number of fused-ring (bicyclic) bond motifs is 1. The van der Waals surface area contributed by atoms with Crippen LogP contribution in [0.15, 0.2) is 82.7 Å². The maximum atomic E-state index is 13.9. The first-order chi connectivity index (χ1) is 22.6. The lowest BCUT2D eigenvalue weighted by Gasteiger charge is -2.18. The molecule has 0 aliphatic carbocycles. The molecule has 0 N–H and O–H groups in total. The molecule has 47 heavy (non-hydrogen) atoms. The smallest absolute Gasteiger partial charge is 0.282 e. The SMILES string of the molecule is CCOc1cc(C)c(-c2nc3ccccc3c(=O)n2N=Cc2cc(Cl)c(OCc3cccc([N+](=O)[O-])c3)c(OCC)c2)cc1C(C)C. The lowest BCUT2D eigenvalue weighted by molar-refractivity contribution is -0.384. The number of aromatic nitrogens is 2. The first-order valence-corrected chi connectivity index (χ1v) is 15.6. The fourth-order valence-corrected chi connectivity index (χ4v) is 5.45. The second-order valence-electron chi connectivity index (χ2n) is 11.1. The molecule has 5 aromatic rings. The Morgan fingerprint density at radius 2 is 1.72 bits per heavy atom. The van der Waals surface area contributed by atoms with Crippen LogP contribution < -0.4 is 19.8 Å². The molecule has 0 atom stereocenters. The molecule has 0 fully saturated rings. The van der Waals surface area contributed by atoms with Crippen molar-refractivity contribution in [3.8, 4) is 28.6 Å². The predicted octanol–water partition coefficient (Wildman–Crippen LogP) is 8.32. The summed E-state index contributed by atoms with van der Waals surface area (Å²) in [5, 5.41) is 16.5. The van der Waals surface area contributed by atoms with E-state index in [0.717, 1.165) is 22.4 Å². The highest BCUT2D eigenvalue weighted by Crippen LogP contribution is 2.38. The standard InChI is InChI=1S/C36H35ClN4O6/c1-6-45-32-15-23(5)29(19-28(32)22(3)4)35-39-31-14-9-8-13-27(31)36(42)40(35)38-20-25-17-30(37)34(33(18-25)46-7-2)47-21-24-11-10-12-26(16-24)41(43)44/h8-20,22H,6-7,21H2,1-5H3. The Balaban J connectivity index is 1.57. The molecule has 1 aromatic heterocycles. The maximum Gasteiger partial charge on any atom is 0.282 e.